The van der Waals surface area contributed by atoms with Gasteiger partial charge in [0.2, 0.25) is 0 Å². The van der Waals surface area contributed by atoms with Crippen LogP contribution >= 0.6 is 0 Å². The highest BCUT2D eigenvalue weighted by Gasteiger charge is 2.50. The van der Waals surface area contributed by atoms with E-state index in [1.165, 1.54) is 15.9 Å². The Morgan fingerprint density at radius 2 is 1.19 bits per heavy atom. The molecule has 0 bridgehead atoms. The van der Waals surface area contributed by atoms with Gasteiger partial charge in [0.05, 0.1) is 6.61 Å². The SMILES string of the molecule is CC(C)(C)[Si](OCc1ccc(C#C[Si](C)(C)C)cc1)(c1ccccc1)c1ccccc1. The van der Waals surface area contributed by atoms with E-state index < -0.39 is 16.4 Å². The monoisotopic (exact) mass is 442 g/mol. The molecule has 0 atom stereocenters. The molecule has 3 heteroatoms. The number of hydrogen-bond donors (Lipinski definition) is 0. The first-order chi connectivity index (χ1) is 14.6. The molecule has 3 aromatic carbocycles. The summed E-state index contributed by atoms with van der Waals surface area (Å²) in [5.41, 5.74) is 5.71. The zero-order valence-corrected chi connectivity index (χ0v) is 21.7. The molecule has 0 spiro atoms. The summed E-state index contributed by atoms with van der Waals surface area (Å²) in [5.74, 6) is 3.34. The Bertz CT molecular complexity index is 992. The smallest absolute Gasteiger partial charge is 0.261 e. The Labute approximate surface area is 190 Å². The van der Waals surface area contributed by atoms with Crippen LogP contribution in [0.25, 0.3) is 0 Å². The third-order valence-electron chi connectivity index (χ3n) is 5.41. The average Bonchev–Trinajstić information content (AvgIpc) is 2.73. The maximum absolute atomic E-state index is 7.02. The van der Waals surface area contributed by atoms with Crippen molar-refractivity contribution in [3.05, 3.63) is 96.1 Å². The number of rotatable bonds is 5. The zero-order chi connectivity index (χ0) is 22.5. The minimum absolute atomic E-state index is 0.0154. The third kappa shape index (κ3) is 5.65. The van der Waals surface area contributed by atoms with E-state index in [2.05, 4.69) is 137 Å². The van der Waals surface area contributed by atoms with E-state index in [0.29, 0.717) is 6.61 Å². The van der Waals surface area contributed by atoms with Crippen LogP contribution < -0.4 is 10.4 Å². The molecule has 0 fully saturated rings. The summed E-state index contributed by atoms with van der Waals surface area (Å²) in [5, 5.41) is 2.61. The van der Waals surface area contributed by atoms with Gasteiger partial charge in [-0.05, 0) is 33.1 Å². The molecule has 0 unspecified atom stereocenters. The van der Waals surface area contributed by atoms with Gasteiger partial charge in [0.1, 0.15) is 8.07 Å². The van der Waals surface area contributed by atoms with Crippen LogP contribution in [0.4, 0.5) is 0 Å². The van der Waals surface area contributed by atoms with Gasteiger partial charge in [-0.25, -0.2) is 0 Å². The van der Waals surface area contributed by atoms with Gasteiger partial charge in [0.15, 0.2) is 0 Å². The van der Waals surface area contributed by atoms with Crippen LogP contribution in [0.15, 0.2) is 84.9 Å². The molecular formula is C28H34OSi2. The number of hydrogen-bond acceptors (Lipinski definition) is 1. The molecule has 1 nitrogen and oxygen atoms in total. The van der Waals surface area contributed by atoms with E-state index in [-0.39, 0.29) is 5.04 Å². The van der Waals surface area contributed by atoms with Crippen molar-refractivity contribution in [3.63, 3.8) is 0 Å². The molecule has 0 N–H and O–H groups in total. The average molecular weight is 443 g/mol. The second-order valence-corrected chi connectivity index (χ2v) is 19.2. The zero-order valence-electron chi connectivity index (χ0n) is 19.7. The Balaban J connectivity index is 1.96. The van der Waals surface area contributed by atoms with Crippen LogP contribution in [-0.2, 0) is 11.0 Å². The molecule has 0 aliphatic heterocycles. The Kier molecular flexibility index (Phi) is 7.06. The minimum atomic E-state index is -2.51. The van der Waals surface area contributed by atoms with Gasteiger partial charge in [-0.3, -0.25) is 0 Å². The summed E-state index contributed by atoms with van der Waals surface area (Å²) in [6.07, 6.45) is 0. The van der Waals surface area contributed by atoms with Crippen LogP contribution in [0, 0.1) is 11.5 Å². The fourth-order valence-corrected chi connectivity index (χ4v) is 8.96. The van der Waals surface area contributed by atoms with Crippen molar-refractivity contribution in [2.45, 2.75) is 52.1 Å². The molecule has 3 rings (SSSR count). The van der Waals surface area contributed by atoms with E-state index in [9.17, 15) is 0 Å². The lowest BCUT2D eigenvalue weighted by Gasteiger charge is -2.43. The van der Waals surface area contributed by atoms with Gasteiger partial charge in [-0.2, -0.15) is 0 Å². The van der Waals surface area contributed by atoms with Crippen LogP contribution in [0.2, 0.25) is 24.7 Å². The van der Waals surface area contributed by atoms with Crippen molar-refractivity contribution in [1.29, 1.82) is 0 Å². The van der Waals surface area contributed by atoms with Gasteiger partial charge in [-0.1, -0.05) is 119 Å². The molecule has 3 aromatic rings. The highest BCUT2D eigenvalue weighted by molar-refractivity contribution is 6.99. The Morgan fingerprint density at radius 3 is 1.61 bits per heavy atom. The molecule has 0 saturated carbocycles. The first-order valence-corrected chi connectivity index (χ1v) is 16.4. The van der Waals surface area contributed by atoms with Gasteiger partial charge >= 0.3 is 0 Å². The van der Waals surface area contributed by atoms with E-state index in [0.717, 1.165) is 5.56 Å². The summed E-state index contributed by atoms with van der Waals surface area (Å²) in [6.45, 7) is 14.3. The molecule has 160 valence electrons. The van der Waals surface area contributed by atoms with Crippen molar-refractivity contribution < 1.29 is 4.43 Å². The van der Waals surface area contributed by atoms with Crippen molar-refractivity contribution >= 4 is 26.8 Å². The van der Waals surface area contributed by atoms with Crippen molar-refractivity contribution in [1.82, 2.24) is 0 Å². The molecule has 0 radical (unpaired) electrons. The summed E-state index contributed by atoms with van der Waals surface area (Å²) >= 11 is 0. The van der Waals surface area contributed by atoms with Crippen LogP contribution in [0.1, 0.15) is 31.9 Å². The van der Waals surface area contributed by atoms with E-state index in [1.54, 1.807) is 0 Å². The van der Waals surface area contributed by atoms with Crippen molar-refractivity contribution in [2.75, 3.05) is 0 Å². The first kappa shape index (κ1) is 23.3. The van der Waals surface area contributed by atoms with Crippen LogP contribution in [-0.4, -0.2) is 16.4 Å². The van der Waals surface area contributed by atoms with E-state index in [1.807, 2.05) is 0 Å². The second-order valence-electron chi connectivity index (χ2n) is 10.1. The molecule has 31 heavy (non-hydrogen) atoms. The molecule has 0 aromatic heterocycles. The highest BCUT2D eigenvalue weighted by atomic mass is 28.4. The lowest BCUT2D eigenvalue weighted by atomic mass is 10.1. The largest absolute Gasteiger partial charge is 0.403 e. The quantitative estimate of drug-likeness (QED) is 0.348. The van der Waals surface area contributed by atoms with Crippen molar-refractivity contribution in [2.24, 2.45) is 0 Å². The second kappa shape index (κ2) is 9.40. The van der Waals surface area contributed by atoms with Crippen LogP contribution in [0.3, 0.4) is 0 Å². The van der Waals surface area contributed by atoms with Crippen molar-refractivity contribution in [3.8, 4) is 11.5 Å². The summed E-state index contributed by atoms with van der Waals surface area (Å²) < 4.78 is 7.02. The molecule has 0 saturated heterocycles. The fourth-order valence-electron chi connectivity index (χ4n) is 3.90. The molecule has 0 aliphatic rings. The third-order valence-corrected chi connectivity index (χ3v) is 11.3. The predicted octanol–water partition coefficient (Wildman–Crippen LogP) is 5.99. The van der Waals surface area contributed by atoms with Gasteiger partial charge in [0.25, 0.3) is 8.32 Å². The maximum Gasteiger partial charge on any atom is 0.261 e. The van der Waals surface area contributed by atoms with E-state index >= 15 is 0 Å². The maximum atomic E-state index is 7.02. The molecule has 0 amide bonds. The van der Waals surface area contributed by atoms with Gasteiger partial charge in [-0.15, -0.1) is 5.54 Å². The Hall–Kier alpha value is -2.39. The lowest BCUT2D eigenvalue weighted by Crippen LogP contribution is -2.66. The van der Waals surface area contributed by atoms with Gasteiger partial charge in [0, 0.05) is 5.56 Å². The normalized spacial score (nSPS) is 12.2. The first-order valence-electron chi connectivity index (χ1n) is 11.0. The summed E-state index contributed by atoms with van der Waals surface area (Å²) in [6, 6.07) is 30.2. The number of benzene rings is 3. The van der Waals surface area contributed by atoms with Crippen LogP contribution in [0.5, 0.6) is 0 Å². The molecule has 0 heterocycles. The molecular weight excluding hydrogens is 408 g/mol. The highest BCUT2D eigenvalue weighted by Crippen LogP contribution is 2.37. The van der Waals surface area contributed by atoms with E-state index in [4.69, 9.17) is 4.43 Å². The lowest BCUT2D eigenvalue weighted by molar-refractivity contribution is 0.286. The summed E-state index contributed by atoms with van der Waals surface area (Å²) in [7, 11) is -3.88. The summed E-state index contributed by atoms with van der Waals surface area (Å²) in [4.78, 5) is 0. The minimum Gasteiger partial charge on any atom is -0.403 e. The van der Waals surface area contributed by atoms with Gasteiger partial charge < -0.3 is 4.43 Å². The Morgan fingerprint density at radius 1 is 0.710 bits per heavy atom. The molecule has 0 aliphatic carbocycles. The predicted molar refractivity (Wildman–Crippen MR) is 139 cm³/mol. The standard InChI is InChI=1S/C28H34OSi2/c1-28(2,3)31(26-13-9-7-10-14-26,27-15-11-8-12-16-27)29-23-25-19-17-24(18-20-25)21-22-30(4,5)6/h7-20H,23H2,1-6H3. The topological polar surface area (TPSA) is 9.23 Å². The fraction of sp³-hybridized carbons (Fsp3) is 0.286.